The molecule has 1 aromatic carbocycles. The van der Waals surface area contributed by atoms with Gasteiger partial charge in [-0.1, -0.05) is 25.1 Å². The first-order valence-corrected chi connectivity index (χ1v) is 8.15. The third-order valence-corrected chi connectivity index (χ3v) is 4.80. The van der Waals surface area contributed by atoms with Gasteiger partial charge in [-0.2, -0.15) is 0 Å². The number of benzene rings is 1. The standard InChI is InChI=1S/C18H28N2O/c1-13-7-9-20(10-8-13)12-18(21)19-16(4)17-6-5-14(2)15(3)11-17/h5-6,11,13,16H,7-10,12H2,1-4H3,(H,19,21)/p+1/t16-/m1/s1. The average molecular weight is 289 g/mol. The molecule has 2 N–H and O–H groups in total. The molecule has 0 aromatic heterocycles. The van der Waals surface area contributed by atoms with Crippen LogP contribution in [0.5, 0.6) is 0 Å². The molecular weight excluding hydrogens is 260 g/mol. The lowest BCUT2D eigenvalue weighted by molar-refractivity contribution is -0.898. The molecule has 0 saturated carbocycles. The number of carbonyl (C=O) groups excluding carboxylic acids is 1. The molecule has 0 radical (unpaired) electrons. The number of piperidine rings is 1. The molecule has 1 aliphatic rings. The number of quaternary nitrogens is 1. The van der Waals surface area contributed by atoms with Crippen LogP contribution in [0.3, 0.4) is 0 Å². The maximum absolute atomic E-state index is 12.2. The van der Waals surface area contributed by atoms with Crippen molar-refractivity contribution < 1.29 is 9.69 Å². The van der Waals surface area contributed by atoms with Crippen LogP contribution in [0.2, 0.25) is 0 Å². The molecule has 116 valence electrons. The van der Waals surface area contributed by atoms with E-state index in [-0.39, 0.29) is 11.9 Å². The lowest BCUT2D eigenvalue weighted by Gasteiger charge is -2.27. The Kier molecular flexibility index (Phi) is 5.40. The van der Waals surface area contributed by atoms with Gasteiger partial charge in [0.2, 0.25) is 0 Å². The minimum absolute atomic E-state index is 0.0833. The second-order valence-corrected chi connectivity index (χ2v) is 6.74. The minimum atomic E-state index is 0.0833. The van der Waals surface area contributed by atoms with E-state index in [4.69, 9.17) is 0 Å². The molecule has 1 heterocycles. The molecular formula is C18H29N2O+. The Morgan fingerprint density at radius 1 is 1.29 bits per heavy atom. The SMILES string of the molecule is Cc1ccc([C@@H](C)NC(=O)C[NH+]2CCC(C)CC2)cc1C. The lowest BCUT2D eigenvalue weighted by atomic mass is 9.99. The van der Waals surface area contributed by atoms with Gasteiger partial charge in [-0.3, -0.25) is 4.79 Å². The Bertz CT molecular complexity index is 490. The van der Waals surface area contributed by atoms with E-state index in [1.54, 1.807) is 0 Å². The van der Waals surface area contributed by atoms with Gasteiger partial charge >= 0.3 is 0 Å². The van der Waals surface area contributed by atoms with Crippen molar-refractivity contribution in [3.63, 3.8) is 0 Å². The third-order valence-electron chi connectivity index (χ3n) is 4.80. The summed E-state index contributed by atoms with van der Waals surface area (Å²) in [7, 11) is 0. The van der Waals surface area contributed by atoms with Crippen LogP contribution in [0.25, 0.3) is 0 Å². The Balaban J connectivity index is 1.85. The summed E-state index contributed by atoms with van der Waals surface area (Å²) in [5.41, 5.74) is 3.77. The van der Waals surface area contributed by atoms with E-state index in [1.165, 1.54) is 34.4 Å². The van der Waals surface area contributed by atoms with Crippen LogP contribution in [-0.4, -0.2) is 25.5 Å². The average Bonchev–Trinajstić information content (AvgIpc) is 2.44. The highest BCUT2D eigenvalue weighted by molar-refractivity contribution is 5.77. The zero-order valence-corrected chi connectivity index (χ0v) is 13.8. The number of hydrogen-bond donors (Lipinski definition) is 2. The molecule has 3 nitrogen and oxygen atoms in total. The van der Waals surface area contributed by atoms with E-state index in [9.17, 15) is 4.79 Å². The van der Waals surface area contributed by atoms with Crippen molar-refractivity contribution in [3.8, 4) is 0 Å². The molecule has 1 fully saturated rings. The smallest absolute Gasteiger partial charge is 0.275 e. The topological polar surface area (TPSA) is 33.5 Å². The highest BCUT2D eigenvalue weighted by atomic mass is 16.2. The summed E-state index contributed by atoms with van der Waals surface area (Å²) in [6.07, 6.45) is 2.49. The number of aryl methyl sites for hydroxylation is 2. The zero-order valence-electron chi connectivity index (χ0n) is 13.8. The molecule has 21 heavy (non-hydrogen) atoms. The maximum atomic E-state index is 12.2. The molecule has 2 rings (SSSR count). The zero-order chi connectivity index (χ0) is 15.4. The summed E-state index contributed by atoms with van der Waals surface area (Å²) in [6.45, 7) is 11.5. The Hall–Kier alpha value is -1.35. The number of hydrogen-bond acceptors (Lipinski definition) is 1. The number of amides is 1. The predicted octanol–water partition coefficient (Wildman–Crippen LogP) is 1.80. The third kappa shape index (κ3) is 4.57. The Labute approximate surface area is 128 Å². The van der Waals surface area contributed by atoms with Crippen LogP contribution in [-0.2, 0) is 4.79 Å². The van der Waals surface area contributed by atoms with Gasteiger partial charge in [0.15, 0.2) is 6.54 Å². The van der Waals surface area contributed by atoms with Gasteiger partial charge in [0.25, 0.3) is 5.91 Å². The van der Waals surface area contributed by atoms with Crippen molar-refractivity contribution in [3.05, 3.63) is 34.9 Å². The van der Waals surface area contributed by atoms with E-state index in [2.05, 4.69) is 51.2 Å². The fourth-order valence-electron chi connectivity index (χ4n) is 2.98. The summed E-state index contributed by atoms with van der Waals surface area (Å²) in [5.74, 6) is 0.997. The summed E-state index contributed by atoms with van der Waals surface area (Å²) in [4.78, 5) is 13.6. The molecule has 1 atom stereocenters. The quantitative estimate of drug-likeness (QED) is 0.870. The fraction of sp³-hybridized carbons (Fsp3) is 0.611. The molecule has 1 aliphatic heterocycles. The molecule has 1 saturated heterocycles. The van der Waals surface area contributed by atoms with Crippen molar-refractivity contribution in [2.75, 3.05) is 19.6 Å². The van der Waals surface area contributed by atoms with E-state index in [0.717, 1.165) is 19.0 Å². The predicted molar refractivity (Wildman–Crippen MR) is 86.4 cm³/mol. The number of rotatable bonds is 4. The summed E-state index contributed by atoms with van der Waals surface area (Å²) < 4.78 is 0. The van der Waals surface area contributed by atoms with E-state index in [1.807, 2.05) is 0 Å². The van der Waals surface area contributed by atoms with E-state index < -0.39 is 0 Å². The van der Waals surface area contributed by atoms with Crippen molar-refractivity contribution in [1.29, 1.82) is 0 Å². The Morgan fingerprint density at radius 3 is 2.57 bits per heavy atom. The summed E-state index contributed by atoms with van der Waals surface area (Å²) >= 11 is 0. The molecule has 0 unspecified atom stereocenters. The van der Waals surface area contributed by atoms with Crippen LogP contribution in [0, 0.1) is 19.8 Å². The van der Waals surface area contributed by atoms with Crippen LogP contribution < -0.4 is 10.2 Å². The van der Waals surface area contributed by atoms with E-state index >= 15 is 0 Å². The molecule has 0 bridgehead atoms. The monoisotopic (exact) mass is 289 g/mol. The summed E-state index contributed by atoms with van der Waals surface area (Å²) in [5, 5.41) is 3.14. The first-order valence-electron chi connectivity index (χ1n) is 8.15. The number of nitrogens with one attached hydrogen (secondary N) is 2. The molecule has 3 heteroatoms. The van der Waals surface area contributed by atoms with Gasteiger partial charge in [0.1, 0.15) is 0 Å². The van der Waals surface area contributed by atoms with Crippen molar-refractivity contribution >= 4 is 5.91 Å². The number of likely N-dealkylation sites (tertiary alicyclic amines) is 1. The van der Waals surface area contributed by atoms with Crippen LogP contribution in [0.1, 0.15) is 49.4 Å². The highest BCUT2D eigenvalue weighted by Gasteiger charge is 2.22. The highest BCUT2D eigenvalue weighted by Crippen LogP contribution is 2.16. The lowest BCUT2D eigenvalue weighted by Crippen LogP contribution is -3.14. The van der Waals surface area contributed by atoms with Crippen LogP contribution in [0.4, 0.5) is 0 Å². The second-order valence-electron chi connectivity index (χ2n) is 6.74. The second kappa shape index (κ2) is 7.08. The molecule has 0 spiro atoms. The molecule has 1 aromatic rings. The van der Waals surface area contributed by atoms with Gasteiger partial charge in [-0.05, 0) is 56.2 Å². The molecule has 0 aliphatic carbocycles. The van der Waals surface area contributed by atoms with Gasteiger partial charge in [0, 0.05) is 0 Å². The fourth-order valence-corrected chi connectivity index (χ4v) is 2.98. The first-order chi connectivity index (χ1) is 9.95. The van der Waals surface area contributed by atoms with Crippen LogP contribution in [0.15, 0.2) is 18.2 Å². The first kappa shape index (κ1) is 16.0. The molecule has 1 amide bonds. The van der Waals surface area contributed by atoms with Gasteiger partial charge in [-0.15, -0.1) is 0 Å². The Morgan fingerprint density at radius 2 is 1.95 bits per heavy atom. The van der Waals surface area contributed by atoms with Crippen molar-refractivity contribution in [2.45, 2.75) is 46.6 Å². The van der Waals surface area contributed by atoms with Gasteiger partial charge in [0.05, 0.1) is 19.1 Å². The normalized spacial score (nSPS) is 23.6. The number of carbonyl (C=O) groups is 1. The summed E-state index contributed by atoms with van der Waals surface area (Å²) in [6, 6.07) is 6.50. The van der Waals surface area contributed by atoms with Gasteiger partial charge < -0.3 is 10.2 Å². The largest absolute Gasteiger partial charge is 0.345 e. The van der Waals surface area contributed by atoms with E-state index in [0.29, 0.717) is 6.54 Å². The maximum Gasteiger partial charge on any atom is 0.275 e. The van der Waals surface area contributed by atoms with Gasteiger partial charge in [-0.25, -0.2) is 0 Å². The van der Waals surface area contributed by atoms with Crippen molar-refractivity contribution in [1.82, 2.24) is 5.32 Å². The minimum Gasteiger partial charge on any atom is -0.345 e. The van der Waals surface area contributed by atoms with Crippen LogP contribution >= 0.6 is 0 Å². The van der Waals surface area contributed by atoms with Crippen molar-refractivity contribution in [2.24, 2.45) is 5.92 Å².